The second kappa shape index (κ2) is 7.82. The van der Waals surface area contributed by atoms with Crippen LogP contribution in [0.15, 0.2) is 0 Å². The van der Waals surface area contributed by atoms with Crippen LogP contribution in [0, 0.1) is 5.92 Å². The van der Waals surface area contributed by atoms with E-state index in [-0.39, 0.29) is 6.54 Å². The first-order valence-electron chi connectivity index (χ1n) is 8.82. The van der Waals surface area contributed by atoms with Crippen LogP contribution in [0.2, 0.25) is 0 Å². The molecule has 3 amide bonds. The summed E-state index contributed by atoms with van der Waals surface area (Å²) in [4.78, 5) is 39.1. The summed E-state index contributed by atoms with van der Waals surface area (Å²) >= 11 is 0. The smallest absolute Gasteiger partial charge is 0.417 e. The fraction of sp³-hybridized carbons (Fsp3) is 0.833. The van der Waals surface area contributed by atoms with E-state index >= 15 is 0 Å². The van der Waals surface area contributed by atoms with E-state index in [0.29, 0.717) is 6.42 Å². The Labute approximate surface area is 155 Å². The van der Waals surface area contributed by atoms with E-state index in [4.69, 9.17) is 9.47 Å². The maximum atomic E-state index is 12.5. The molecule has 8 heteroatoms. The minimum absolute atomic E-state index is 0.179. The number of hydrogen-bond acceptors (Lipinski definition) is 6. The predicted octanol–water partition coefficient (Wildman–Crippen LogP) is 2.39. The Bertz CT molecular complexity index is 549. The number of imide groups is 1. The Balaban J connectivity index is 2.75. The number of aliphatic hydroxyl groups excluding tert-OH is 1. The lowest BCUT2D eigenvalue weighted by molar-refractivity contribution is -0.134. The van der Waals surface area contributed by atoms with E-state index < -0.39 is 47.4 Å². The third-order valence-electron chi connectivity index (χ3n) is 4.06. The number of aliphatic hydroxyl groups is 1. The second-order valence-electron chi connectivity index (χ2n) is 8.69. The van der Waals surface area contributed by atoms with Crippen molar-refractivity contribution < 1.29 is 29.0 Å². The van der Waals surface area contributed by atoms with E-state index in [1.165, 1.54) is 11.9 Å². The van der Waals surface area contributed by atoms with Crippen LogP contribution in [0.25, 0.3) is 0 Å². The minimum atomic E-state index is -1.12. The summed E-state index contributed by atoms with van der Waals surface area (Å²) in [6, 6.07) is -0.655. The highest BCUT2D eigenvalue weighted by molar-refractivity contribution is 5.95. The van der Waals surface area contributed by atoms with E-state index in [0.717, 1.165) is 4.90 Å². The number of hydrogen-bond donors (Lipinski definition) is 1. The third-order valence-corrected chi connectivity index (χ3v) is 4.06. The van der Waals surface area contributed by atoms with Crippen LogP contribution >= 0.6 is 0 Å². The molecule has 1 aliphatic heterocycles. The molecule has 150 valence electrons. The Morgan fingerprint density at radius 1 is 1.15 bits per heavy atom. The highest BCUT2D eigenvalue weighted by atomic mass is 16.6. The zero-order chi connectivity index (χ0) is 20.4. The molecule has 1 fully saturated rings. The molecule has 8 nitrogen and oxygen atoms in total. The highest BCUT2D eigenvalue weighted by Crippen LogP contribution is 2.27. The lowest BCUT2D eigenvalue weighted by Crippen LogP contribution is -2.49. The Kier molecular flexibility index (Phi) is 6.68. The van der Waals surface area contributed by atoms with Gasteiger partial charge in [-0.1, -0.05) is 0 Å². The maximum Gasteiger partial charge on any atom is 0.417 e. The zero-order valence-corrected chi connectivity index (χ0v) is 17.0. The summed E-state index contributed by atoms with van der Waals surface area (Å²) < 4.78 is 10.5. The molecule has 0 spiro atoms. The van der Waals surface area contributed by atoms with Gasteiger partial charge >= 0.3 is 12.2 Å². The van der Waals surface area contributed by atoms with Crippen LogP contribution in [0.3, 0.4) is 0 Å². The van der Waals surface area contributed by atoms with Gasteiger partial charge in [0.2, 0.25) is 5.91 Å². The number of amides is 3. The van der Waals surface area contributed by atoms with Gasteiger partial charge in [0, 0.05) is 13.6 Å². The standard InChI is InChI=1S/C18H32N2O6/c1-11(19(8)15(23)25-17(2,3)4)13(21)12-9-10-20(14(12)22)16(24)26-18(5,6)7/h11-13,21H,9-10H2,1-8H3. The number of likely N-dealkylation sites (N-methyl/N-ethyl adjacent to an activating group) is 1. The van der Waals surface area contributed by atoms with Crippen LogP contribution < -0.4 is 0 Å². The van der Waals surface area contributed by atoms with Crippen molar-refractivity contribution in [2.24, 2.45) is 5.92 Å². The largest absolute Gasteiger partial charge is 0.444 e. The fourth-order valence-corrected chi connectivity index (χ4v) is 2.58. The second-order valence-corrected chi connectivity index (χ2v) is 8.69. The summed E-state index contributed by atoms with van der Waals surface area (Å²) in [5.74, 6) is -1.27. The van der Waals surface area contributed by atoms with Gasteiger partial charge < -0.3 is 19.5 Å². The van der Waals surface area contributed by atoms with Crippen LogP contribution in [-0.4, -0.2) is 69.9 Å². The van der Waals surface area contributed by atoms with Crippen LogP contribution in [0.5, 0.6) is 0 Å². The van der Waals surface area contributed by atoms with Crippen molar-refractivity contribution in [3.05, 3.63) is 0 Å². The van der Waals surface area contributed by atoms with Gasteiger partial charge in [-0.25, -0.2) is 14.5 Å². The number of rotatable bonds is 3. The molecule has 1 heterocycles. The first kappa shape index (κ1) is 22.2. The van der Waals surface area contributed by atoms with Gasteiger partial charge in [0.25, 0.3) is 0 Å². The lowest BCUT2D eigenvalue weighted by Gasteiger charge is -2.33. The molecule has 0 radical (unpaired) electrons. The van der Waals surface area contributed by atoms with Crippen molar-refractivity contribution in [3.8, 4) is 0 Å². The van der Waals surface area contributed by atoms with Crippen LogP contribution in [0.1, 0.15) is 54.9 Å². The van der Waals surface area contributed by atoms with Crippen molar-refractivity contribution >= 4 is 18.1 Å². The van der Waals surface area contributed by atoms with Crippen LogP contribution in [-0.2, 0) is 14.3 Å². The fourth-order valence-electron chi connectivity index (χ4n) is 2.58. The van der Waals surface area contributed by atoms with Gasteiger partial charge in [-0.2, -0.15) is 0 Å². The molecular weight excluding hydrogens is 340 g/mol. The zero-order valence-electron chi connectivity index (χ0n) is 17.0. The molecule has 1 rings (SSSR count). The van der Waals surface area contributed by atoms with Crippen molar-refractivity contribution in [3.63, 3.8) is 0 Å². The number of nitrogens with zero attached hydrogens (tertiary/aromatic N) is 2. The van der Waals surface area contributed by atoms with Crippen molar-refractivity contribution in [1.82, 2.24) is 9.80 Å². The molecule has 0 aliphatic carbocycles. The number of carbonyl (C=O) groups is 3. The minimum Gasteiger partial charge on any atom is -0.444 e. The summed E-state index contributed by atoms with van der Waals surface area (Å²) in [5.41, 5.74) is -1.37. The number of carbonyl (C=O) groups excluding carboxylic acids is 3. The molecule has 1 saturated heterocycles. The topological polar surface area (TPSA) is 96.4 Å². The van der Waals surface area contributed by atoms with E-state index in [9.17, 15) is 19.5 Å². The molecule has 3 unspecified atom stereocenters. The van der Waals surface area contributed by atoms with Gasteiger partial charge in [0.1, 0.15) is 11.2 Å². The maximum absolute atomic E-state index is 12.5. The van der Waals surface area contributed by atoms with Gasteiger partial charge in [-0.3, -0.25) is 4.79 Å². The molecular formula is C18H32N2O6. The summed E-state index contributed by atoms with van der Waals surface area (Å²) in [6.07, 6.45) is -2.11. The van der Waals surface area contributed by atoms with Gasteiger partial charge in [-0.15, -0.1) is 0 Å². The molecule has 0 aromatic rings. The number of likely N-dealkylation sites (tertiary alicyclic amines) is 1. The third kappa shape index (κ3) is 5.86. The predicted molar refractivity (Wildman–Crippen MR) is 95.5 cm³/mol. The normalized spacial score (nSPS) is 20.6. The van der Waals surface area contributed by atoms with E-state index in [1.807, 2.05) is 0 Å². The molecule has 0 saturated carbocycles. The van der Waals surface area contributed by atoms with Crippen molar-refractivity contribution in [1.29, 1.82) is 0 Å². The van der Waals surface area contributed by atoms with E-state index in [2.05, 4.69) is 0 Å². The molecule has 1 aliphatic rings. The van der Waals surface area contributed by atoms with Gasteiger partial charge in [0.15, 0.2) is 0 Å². The molecule has 0 aromatic heterocycles. The Morgan fingerprint density at radius 2 is 1.65 bits per heavy atom. The molecule has 0 bridgehead atoms. The molecule has 3 atom stereocenters. The van der Waals surface area contributed by atoms with Gasteiger partial charge in [-0.05, 0) is 54.9 Å². The Hall–Kier alpha value is -1.83. The van der Waals surface area contributed by atoms with E-state index in [1.54, 1.807) is 48.5 Å². The quantitative estimate of drug-likeness (QED) is 0.817. The summed E-state index contributed by atoms with van der Waals surface area (Å²) in [7, 11) is 1.51. The highest BCUT2D eigenvalue weighted by Gasteiger charge is 2.44. The summed E-state index contributed by atoms with van der Waals surface area (Å²) in [5, 5.41) is 10.6. The van der Waals surface area contributed by atoms with Crippen molar-refractivity contribution in [2.45, 2.75) is 78.2 Å². The van der Waals surface area contributed by atoms with Gasteiger partial charge in [0.05, 0.1) is 18.1 Å². The number of ether oxygens (including phenoxy) is 2. The SMILES string of the molecule is CC(C(O)C1CCN(C(=O)OC(C)(C)C)C1=O)N(C)C(=O)OC(C)(C)C. The molecule has 0 aromatic carbocycles. The van der Waals surface area contributed by atoms with Crippen LogP contribution in [0.4, 0.5) is 9.59 Å². The summed E-state index contributed by atoms with van der Waals surface area (Å²) in [6.45, 7) is 12.2. The average molecular weight is 372 g/mol. The molecule has 1 N–H and O–H groups in total. The first-order chi connectivity index (χ1) is 11.6. The first-order valence-corrected chi connectivity index (χ1v) is 8.82. The van der Waals surface area contributed by atoms with Crippen molar-refractivity contribution in [2.75, 3.05) is 13.6 Å². The Morgan fingerprint density at radius 3 is 2.12 bits per heavy atom. The lowest BCUT2D eigenvalue weighted by atomic mass is 9.95. The molecule has 26 heavy (non-hydrogen) atoms. The average Bonchev–Trinajstić information content (AvgIpc) is 2.83. The monoisotopic (exact) mass is 372 g/mol.